The maximum absolute atomic E-state index is 12.6. The Kier molecular flexibility index (Phi) is 5.34. The molecule has 1 atom stereocenters. The summed E-state index contributed by atoms with van der Waals surface area (Å²) in [6.07, 6.45) is -1.23. The van der Waals surface area contributed by atoms with E-state index < -0.39 is 18.0 Å². The van der Waals surface area contributed by atoms with Crippen molar-refractivity contribution >= 4 is 23.2 Å². The van der Waals surface area contributed by atoms with Crippen LogP contribution in [0.3, 0.4) is 0 Å². The van der Waals surface area contributed by atoms with Crippen LogP contribution in [0.25, 0.3) is 11.0 Å². The Bertz CT molecular complexity index is 988. The molecule has 0 saturated carbocycles. The average molecular weight is 387 g/mol. The number of hydrogen-bond acceptors (Lipinski definition) is 9. The fraction of sp³-hybridized carbons (Fsp3) is 0.368. The van der Waals surface area contributed by atoms with Gasteiger partial charge in [0.15, 0.2) is 0 Å². The highest BCUT2D eigenvalue weighted by atomic mass is 16.7. The molecule has 9 heteroatoms. The predicted octanol–water partition coefficient (Wildman–Crippen LogP) is 3.15. The Morgan fingerprint density at radius 1 is 1.18 bits per heavy atom. The van der Waals surface area contributed by atoms with Crippen molar-refractivity contribution in [2.45, 2.75) is 39.7 Å². The number of nitrogens with one attached hydrogen (secondary N) is 1. The lowest BCUT2D eigenvalue weighted by Crippen LogP contribution is -2.31. The zero-order chi connectivity index (χ0) is 20.4. The van der Waals surface area contributed by atoms with Crippen LogP contribution < -0.4 is 5.32 Å². The zero-order valence-corrected chi connectivity index (χ0v) is 16.2. The van der Waals surface area contributed by atoms with Crippen molar-refractivity contribution in [3.8, 4) is 0 Å². The zero-order valence-electron chi connectivity index (χ0n) is 16.2. The molecule has 0 aliphatic carbocycles. The van der Waals surface area contributed by atoms with Crippen molar-refractivity contribution in [3.05, 3.63) is 46.5 Å². The molecular weight excluding hydrogens is 366 g/mol. The lowest BCUT2D eigenvalue weighted by atomic mass is 9.84. The Hall–Kier alpha value is -3.36. The molecule has 1 unspecified atom stereocenters. The van der Waals surface area contributed by atoms with Gasteiger partial charge in [-0.15, -0.1) is 0 Å². The maximum Gasteiger partial charge on any atom is 0.513 e. The standard InChI is InChI=1S/C19H21N3O6/c1-9(2)26-19(24)27-17-11(4)20-10(3)14(18(23)25-5)15(17)12-7-6-8-13-16(12)22-28-21-13/h6-9,15,20H,1-5H3. The molecule has 3 rings (SSSR count). The summed E-state index contributed by atoms with van der Waals surface area (Å²) in [4.78, 5) is 24.8. The number of esters is 1. The van der Waals surface area contributed by atoms with Crippen LogP contribution in [0.5, 0.6) is 0 Å². The van der Waals surface area contributed by atoms with Gasteiger partial charge >= 0.3 is 12.1 Å². The molecule has 0 spiro atoms. The monoisotopic (exact) mass is 387 g/mol. The number of carbonyl (C=O) groups is 2. The van der Waals surface area contributed by atoms with Gasteiger partial charge in [0.05, 0.1) is 30.4 Å². The number of benzene rings is 1. The van der Waals surface area contributed by atoms with Crippen molar-refractivity contribution in [3.63, 3.8) is 0 Å². The van der Waals surface area contributed by atoms with Gasteiger partial charge in [-0.05, 0) is 49.6 Å². The van der Waals surface area contributed by atoms with E-state index in [0.717, 1.165) is 0 Å². The van der Waals surface area contributed by atoms with E-state index >= 15 is 0 Å². The highest BCUT2D eigenvalue weighted by molar-refractivity contribution is 5.94. The molecule has 148 valence electrons. The second kappa shape index (κ2) is 7.71. The fourth-order valence-electron chi connectivity index (χ4n) is 3.15. The smallest absolute Gasteiger partial charge is 0.466 e. The first-order valence-corrected chi connectivity index (χ1v) is 8.70. The Balaban J connectivity index is 2.16. The van der Waals surface area contributed by atoms with Crippen LogP contribution in [-0.4, -0.2) is 35.7 Å². The van der Waals surface area contributed by atoms with Crippen LogP contribution in [-0.2, 0) is 19.0 Å². The largest absolute Gasteiger partial charge is 0.513 e. The number of dihydropyridines is 1. The molecule has 1 N–H and O–H groups in total. The summed E-state index contributed by atoms with van der Waals surface area (Å²) >= 11 is 0. The van der Waals surface area contributed by atoms with Gasteiger partial charge in [0.25, 0.3) is 0 Å². The number of hydrogen-bond donors (Lipinski definition) is 1. The molecule has 1 aliphatic rings. The average Bonchev–Trinajstić information content (AvgIpc) is 3.11. The Morgan fingerprint density at radius 2 is 1.93 bits per heavy atom. The van der Waals surface area contributed by atoms with Crippen molar-refractivity contribution in [2.24, 2.45) is 0 Å². The molecule has 0 bridgehead atoms. The van der Waals surface area contributed by atoms with Crippen molar-refractivity contribution in [1.29, 1.82) is 0 Å². The Labute approximate surface area is 161 Å². The van der Waals surface area contributed by atoms with Gasteiger partial charge in [0.2, 0.25) is 0 Å². The topological polar surface area (TPSA) is 113 Å². The minimum Gasteiger partial charge on any atom is -0.466 e. The molecule has 0 radical (unpaired) electrons. The van der Waals surface area contributed by atoms with Crippen LogP contribution in [0.2, 0.25) is 0 Å². The first-order chi connectivity index (χ1) is 13.3. The minimum absolute atomic E-state index is 0.215. The first kappa shape index (κ1) is 19.4. The minimum atomic E-state index is -0.870. The lowest BCUT2D eigenvalue weighted by Gasteiger charge is -2.30. The number of methoxy groups -OCH3 is 1. The second-order valence-corrected chi connectivity index (χ2v) is 6.58. The second-order valence-electron chi connectivity index (χ2n) is 6.58. The van der Waals surface area contributed by atoms with E-state index in [4.69, 9.17) is 18.8 Å². The van der Waals surface area contributed by atoms with E-state index in [2.05, 4.69) is 15.6 Å². The summed E-state index contributed by atoms with van der Waals surface area (Å²) in [5.74, 6) is -1.11. The number of rotatable bonds is 4. The molecule has 0 amide bonds. The molecule has 28 heavy (non-hydrogen) atoms. The van der Waals surface area contributed by atoms with Gasteiger partial charge in [-0.3, -0.25) is 0 Å². The number of aromatic nitrogens is 2. The summed E-state index contributed by atoms with van der Waals surface area (Å²) in [6, 6.07) is 5.26. The molecule has 0 saturated heterocycles. The van der Waals surface area contributed by atoms with E-state index in [1.54, 1.807) is 45.9 Å². The summed E-state index contributed by atoms with van der Waals surface area (Å²) in [5.41, 5.74) is 2.98. The molecule has 2 aromatic rings. The lowest BCUT2D eigenvalue weighted by molar-refractivity contribution is -0.136. The maximum atomic E-state index is 12.6. The molecular formula is C19H21N3O6. The highest BCUT2D eigenvalue weighted by Gasteiger charge is 2.38. The van der Waals surface area contributed by atoms with E-state index in [9.17, 15) is 9.59 Å². The molecule has 1 aromatic heterocycles. The summed E-state index contributed by atoms with van der Waals surface area (Å²) < 4.78 is 20.4. The number of fused-ring (bicyclic) bond motifs is 1. The number of allylic oxidation sites excluding steroid dienone is 3. The van der Waals surface area contributed by atoms with Crippen molar-refractivity contribution in [1.82, 2.24) is 15.6 Å². The van der Waals surface area contributed by atoms with Crippen LogP contribution >= 0.6 is 0 Å². The third kappa shape index (κ3) is 3.55. The van der Waals surface area contributed by atoms with Gasteiger partial charge < -0.3 is 19.5 Å². The van der Waals surface area contributed by atoms with E-state index in [1.165, 1.54) is 7.11 Å². The molecule has 9 nitrogen and oxygen atoms in total. The summed E-state index contributed by atoms with van der Waals surface area (Å²) in [6.45, 7) is 6.91. The van der Waals surface area contributed by atoms with Crippen LogP contribution in [0.1, 0.15) is 39.2 Å². The number of ether oxygens (including phenoxy) is 3. The van der Waals surface area contributed by atoms with Crippen LogP contribution in [0.15, 0.2) is 45.6 Å². The predicted molar refractivity (Wildman–Crippen MR) is 97.8 cm³/mol. The summed E-state index contributed by atoms with van der Waals surface area (Å²) in [7, 11) is 1.29. The normalized spacial score (nSPS) is 17.0. The van der Waals surface area contributed by atoms with Crippen molar-refractivity contribution < 1.29 is 28.4 Å². The van der Waals surface area contributed by atoms with Crippen LogP contribution in [0.4, 0.5) is 4.79 Å². The fourth-order valence-corrected chi connectivity index (χ4v) is 3.15. The molecule has 0 fully saturated rings. The van der Waals surface area contributed by atoms with Gasteiger partial charge in [-0.1, -0.05) is 12.1 Å². The number of nitrogens with zero attached hydrogens (tertiary/aromatic N) is 2. The SMILES string of the molecule is COC(=O)C1=C(C)NC(C)=C(OC(=O)OC(C)C)C1c1cccc2nonc12. The Morgan fingerprint density at radius 3 is 2.61 bits per heavy atom. The van der Waals surface area contributed by atoms with Gasteiger partial charge in [0, 0.05) is 5.70 Å². The van der Waals surface area contributed by atoms with Gasteiger partial charge in [0.1, 0.15) is 16.8 Å². The van der Waals surface area contributed by atoms with Gasteiger partial charge in [-0.25, -0.2) is 14.2 Å². The van der Waals surface area contributed by atoms with E-state index in [1.807, 2.05) is 0 Å². The van der Waals surface area contributed by atoms with Crippen LogP contribution in [0, 0.1) is 0 Å². The first-order valence-electron chi connectivity index (χ1n) is 8.70. The molecule has 1 aliphatic heterocycles. The van der Waals surface area contributed by atoms with Gasteiger partial charge in [-0.2, -0.15) is 0 Å². The van der Waals surface area contributed by atoms with E-state index in [0.29, 0.717) is 28.0 Å². The summed E-state index contributed by atoms with van der Waals surface area (Å²) in [5, 5.41) is 10.9. The highest BCUT2D eigenvalue weighted by Crippen LogP contribution is 2.41. The molecule has 1 aromatic carbocycles. The quantitative estimate of drug-likeness (QED) is 0.790. The van der Waals surface area contributed by atoms with Crippen molar-refractivity contribution in [2.75, 3.05) is 7.11 Å². The number of carbonyl (C=O) groups excluding carboxylic acids is 2. The third-order valence-corrected chi connectivity index (χ3v) is 4.26. The third-order valence-electron chi connectivity index (χ3n) is 4.26. The molecule has 2 heterocycles. The van der Waals surface area contributed by atoms with E-state index in [-0.39, 0.29) is 17.4 Å².